The molecule has 4 rings (SSSR count). The summed E-state index contributed by atoms with van der Waals surface area (Å²) in [6, 6.07) is 26.8. The van der Waals surface area contributed by atoms with Crippen LogP contribution < -0.4 is 9.64 Å². The number of ether oxygens (including phenoxy) is 1. The van der Waals surface area contributed by atoms with Gasteiger partial charge in [0.05, 0.1) is 18.2 Å². The van der Waals surface area contributed by atoms with E-state index in [9.17, 15) is 4.79 Å². The van der Waals surface area contributed by atoms with Crippen LogP contribution in [0.25, 0.3) is 0 Å². The third kappa shape index (κ3) is 3.54. The third-order valence-electron chi connectivity index (χ3n) is 4.68. The van der Waals surface area contributed by atoms with E-state index in [1.165, 1.54) is 0 Å². The van der Waals surface area contributed by atoms with Gasteiger partial charge in [-0.1, -0.05) is 48.5 Å². The maximum atomic E-state index is 13.3. The molecule has 0 radical (unpaired) electrons. The first-order chi connectivity index (χ1) is 13.2. The Morgan fingerprint density at radius 2 is 1.67 bits per heavy atom. The molecule has 1 aliphatic heterocycles. The summed E-state index contributed by atoms with van der Waals surface area (Å²) in [4.78, 5) is 15.0. The smallest absolute Gasteiger partial charge is 0.268 e. The van der Waals surface area contributed by atoms with Crippen LogP contribution in [-0.4, -0.2) is 12.0 Å². The Morgan fingerprint density at radius 3 is 2.41 bits per heavy atom. The lowest BCUT2D eigenvalue weighted by molar-refractivity contribution is -0.125. The molecule has 132 valence electrons. The van der Waals surface area contributed by atoms with Crippen LogP contribution in [0.5, 0.6) is 5.75 Å². The van der Waals surface area contributed by atoms with Gasteiger partial charge in [-0.15, -0.1) is 0 Å². The van der Waals surface area contributed by atoms with Gasteiger partial charge in [-0.3, -0.25) is 4.79 Å². The van der Waals surface area contributed by atoms with Crippen LogP contribution in [0.2, 0.25) is 0 Å². The Labute approximate surface area is 158 Å². The molecule has 4 heteroatoms. The van der Waals surface area contributed by atoms with Gasteiger partial charge in [0.2, 0.25) is 0 Å². The number of nitrogens with zero attached hydrogens (tertiary/aromatic N) is 2. The lowest BCUT2D eigenvalue weighted by Gasteiger charge is -2.24. The van der Waals surface area contributed by atoms with Crippen LogP contribution >= 0.6 is 0 Å². The monoisotopic (exact) mass is 354 g/mol. The summed E-state index contributed by atoms with van der Waals surface area (Å²) < 4.78 is 6.13. The molecule has 1 atom stereocenters. The first kappa shape index (κ1) is 16.9. The number of para-hydroxylation sites is 1. The summed E-state index contributed by atoms with van der Waals surface area (Å²) in [6.45, 7) is 0.437. The van der Waals surface area contributed by atoms with Crippen molar-refractivity contribution in [2.45, 2.75) is 19.1 Å². The SMILES string of the molecule is N#Cc1ccc(N2Cc3ccccc3OC(Cc3ccccc3)C2=O)cc1. The van der Waals surface area contributed by atoms with Crippen LogP contribution in [0.1, 0.15) is 16.7 Å². The average Bonchev–Trinajstić information content (AvgIpc) is 2.86. The van der Waals surface area contributed by atoms with Gasteiger partial charge in [-0.25, -0.2) is 0 Å². The topological polar surface area (TPSA) is 53.3 Å². The molecule has 27 heavy (non-hydrogen) atoms. The van der Waals surface area contributed by atoms with Gasteiger partial charge in [0.25, 0.3) is 5.91 Å². The molecule has 1 heterocycles. The summed E-state index contributed by atoms with van der Waals surface area (Å²) >= 11 is 0. The molecule has 0 saturated carbocycles. The van der Waals surface area contributed by atoms with Crippen molar-refractivity contribution in [2.75, 3.05) is 4.90 Å². The van der Waals surface area contributed by atoms with Gasteiger partial charge >= 0.3 is 0 Å². The second-order valence-electron chi connectivity index (χ2n) is 6.49. The van der Waals surface area contributed by atoms with E-state index in [2.05, 4.69) is 6.07 Å². The number of nitriles is 1. The summed E-state index contributed by atoms with van der Waals surface area (Å²) in [5.74, 6) is 0.655. The highest BCUT2D eigenvalue weighted by Gasteiger charge is 2.32. The first-order valence-electron chi connectivity index (χ1n) is 8.84. The van der Waals surface area contributed by atoms with Gasteiger partial charge in [0.1, 0.15) is 5.75 Å². The molecule has 1 aliphatic rings. The van der Waals surface area contributed by atoms with Gasteiger partial charge in [0.15, 0.2) is 6.10 Å². The highest BCUT2D eigenvalue weighted by molar-refractivity contribution is 5.97. The third-order valence-corrected chi connectivity index (χ3v) is 4.68. The van der Waals surface area contributed by atoms with Crippen molar-refractivity contribution < 1.29 is 9.53 Å². The summed E-state index contributed by atoms with van der Waals surface area (Å²) in [7, 11) is 0. The standard InChI is InChI=1S/C23H18N2O2/c24-15-18-10-12-20(13-11-18)25-16-19-8-4-5-9-21(19)27-22(23(25)26)14-17-6-2-1-3-7-17/h1-13,22H,14,16H2. The van der Waals surface area contributed by atoms with Crippen molar-refractivity contribution in [2.24, 2.45) is 0 Å². The van der Waals surface area contributed by atoms with E-state index in [0.29, 0.717) is 18.5 Å². The van der Waals surface area contributed by atoms with Crippen molar-refractivity contribution in [3.63, 3.8) is 0 Å². The van der Waals surface area contributed by atoms with E-state index in [4.69, 9.17) is 10.00 Å². The Balaban J connectivity index is 1.71. The second kappa shape index (κ2) is 7.35. The molecule has 0 fully saturated rings. The van der Waals surface area contributed by atoms with Crippen LogP contribution in [0.15, 0.2) is 78.9 Å². The van der Waals surface area contributed by atoms with Gasteiger partial charge in [-0.2, -0.15) is 5.26 Å². The Bertz CT molecular complexity index is 991. The minimum atomic E-state index is -0.605. The summed E-state index contributed by atoms with van der Waals surface area (Å²) in [6.07, 6.45) is -0.104. The predicted molar refractivity (Wildman–Crippen MR) is 103 cm³/mol. The normalized spacial score (nSPS) is 16.0. The summed E-state index contributed by atoms with van der Waals surface area (Å²) in [5, 5.41) is 9.02. The molecule has 0 saturated heterocycles. The molecule has 1 unspecified atom stereocenters. The molecule has 0 spiro atoms. The molecule has 0 N–H and O–H groups in total. The fourth-order valence-electron chi connectivity index (χ4n) is 3.27. The molecular weight excluding hydrogens is 336 g/mol. The van der Waals surface area contributed by atoms with E-state index in [0.717, 1.165) is 22.6 Å². The zero-order valence-corrected chi connectivity index (χ0v) is 14.7. The van der Waals surface area contributed by atoms with Gasteiger partial charge in [0, 0.05) is 17.7 Å². The van der Waals surface area contributed by atoms with E-state index in [-0.39, 0.29) is 5.91 Å². The lowest BCUT2D eigenvalue weighted by atomic mass is 10.1. The molecule has 1 amide bonds. The first-order valence-corrected chi connectivity index (χ1v) is 8.84. The van der Waals surface area contributed by atoms with Crippen LogP contribution in [0, 0.1) is 11.3 Å². The summed E-state index contributed by atoms with van der Waals surface area (Å²) in [5.41, 5.74) is 3.34. The van der Waals surface area contributed by atoms with E-state index < -0.39 is 6.10 Å². The molecule has 3 aromatic carbocycles. The number of anilines is 1. The Hall–Kier alpha value is -3.58. The maximum absolute atomic E-state index is 13.3. The predicted octanol–water partition coefficient (Wildman–Crippen LogP) is 4.10. The van der Waals surface area contributed by atoms with Crippen LogP contribution in [0.4, 0.5) is 5.69 Å². The number of amides is 1. The van der Waals surface area contributed by atoms with E-state index in [1.54, 1.807) is 17.0 Å². The number of benzene rings is 3. The maximum Gasteiger partial charge on any atom is 0.268 e. The zero-order chi connectivity index (χ0) is 18.6. The number of hydrogen-bond donors (Lipinski definition) is 0. The quantitative estimate of drug-likeness (QED) is 0.712. The number of carbonyl (C=O) groups excluding carboxylic acids is 1. The highest BCUT2D eigenvalue weighted by Crippen LogP contribution is 2.30. The van der Waals surface area contributed by atoms with Crippen LogP contribution in [0.3, 0.4) is 0 Å². The fourth-order valence-corrected chi connectivity index (χ4v) is 3.27. The molecule has 3 aromatic rings. The van der Waals surface area contributed by atoms with Crippen molar-refractivity contribution in [3.05, 3.63) is 95.6 Å². The van der Waals surface area contributed by atoms with E-state index >= 15 is 0 Å². The van der Waals surface area contributed by atoms with Crippen molar-refractivity contribution in [1.82, 2.24) is 0 Å². The second-order valence-corrected chi connectivity index (χ2v) is 6.49. The van der Waals surface area contributed by atoms with Crippen LogP contribution in [-0.2, 0) is 17.8 Å². The minimum absolute atomic E-state index is 0.0836. The Kier molecular flexibility index (Phi) is 4.59. The molecule has 0 aromatic heterocycles. The van der Waals surface area contributed by atoms with Crippen molar-refractivity contribution in [3.8, 4) is 11.8 Å². The van der Waals surface area contributed by atoms with Gasteiger partial charge in [-0.05, 0) is 35.9 Å². The molecule has 0 bridgehead atoms. The lowest BCUT2D eigenvalue weighted by Crippen LogP contribution is -2.41. The highest BCUT2D eigenvalue weighted by atomic mass is 16.5. The average molecular weight is 354 g/mol. The molecule has 0 aliphatic carbocycles. The van der Waals surface area contributed by atoms with Gasteiger partial charge < -0.3 is 9.64 Å². The van der Waals surface area contributed by atoms with Crippen molar-refractivity contribution in [1.29, 1.82) is 5.26 Å². The van der Waals surface area contributed by atoms with E-state index in [1.807, 2.05) is 66.7 Å². The number of hydrogen-bond acceptors (Lipinski definition) is 3. The number of carbonyl (C=O) groups is 1. The molecule has 4 nitrogen and oxygen atoms in total. The largest absolute Gasteiger partial charge is 0.480 e. The fraction of sp³-hybridized carbons (Fsp3) is 0.130. The molecular formula is C23H18N2O2. The zero-order valence-electron chi connectivity index (χ0n) is 14.7. The van der Waals surface area contributed by atoms with Crippen molar-refractivity contribution >= 4 is 11.6 Å². The number of fused-ring (bicyclic) bond motifs is 1. The number of rotatable bonds is 3. The Morgan fingerprint density at radius 1 is 0.963 bits per heavy atom. The minimum Gasteiger partial charge on any atom is -0.480 e.